The molecule has 4 rings (SSSR count). The summed E-state index contributed by atoms with van der Waals surface area (Å²) in [7, 11) is 6.48. The van der Waals surface area contributed by atoms with Gasteiger partial charge in [0.05, 0.1) is 18.8 Å². The van der Waals surface area contributed by atoms with Gasteiger partial charge in [-0.1, -0.05) is 72.4 Å². The van der Waals surface area contributed by atoms with E-state index >= 15 is 0 Å². The fourth-order valence-corrected chi connectivity index (χ4v) is 6.43. The lowest BCUT2D eigenvalue weighted by Gasteiger charge is -2.48. The lowest BCUT2D eigenvalue weighted by molar-refractivity contribution is -0.0658. The van der Waals surface area contributed by atoms with Crippen LogP contribution in [0.1, 0.15) is 64.3 Å². The molecular formula is C30H43Cl3N2O2. The van der Waals surface area contributed by atoms with E-state index in [1.807, 2.05) is 48.5 Å². The van der Waals surface area contributed by atoms with Crippen LogP contribution in [-0.2, 0) is 20.6 Å². The summed E-state index contributed by atoms with van der Waals surface area (Å²) in [5.74, 6) is 0.653. The minimum absolute atomic E-state index is 0. The standard InChI is InChI=1S/C15H22ClNO.C15H20ClNO.ClH/c2*1-17(2)15(11-7-6-10-14(15)18-3)12-8-4-5-9-13(12)16;/h4-5,8-9,14H,6-7,10-11H2,1-3H3;4-5,8-10H,6-7,11H2,1-3H3;1H/t14?,15-;15-;/m00./s1/i2*1D3;. The van der Waals surface area contributed by atoms with E-state index in [0.717, 1.165) is 49.7 Å². The highest BCUT2D eigenvalue weighted by Gasteiger charge is 2.45. The van der Waals surface area contributed by atoms with Gasteiger partial charge in [0, 0.05) is 25.4 Å². The predicted molar refractivity (Wildman–Crippen MR) is 159 cm³/mol. The third-order valence-electron chi connectivity index (χ3n) is 7.62. The number of ether oxygens (including phenoxy) is 2. The van der Waals surface area contributed by atoms with Gasteiger partial charge in [0.1, 0.15) is 11.3 Å². The van der Waals surface area contributed by atoms with E-state index in [1.54, 1.807) is 34.4 Å². The second-order valence-electron chi connectivity index (χ2n) is 9.50. The van der Waals surface area contributed by atoms with E-state index in [2.05, 4.69) is 0 Å². The molecule has 7 heteroatoms. The van der Waals surface area contributed by atoms with E-state index < -0.39 is 25.0 Å². The quantitative estimate of drug-likeness (QED) is 0.349. The van der Waals surface area contributed by atoms with Crippen LogP contribution < -0.4 is 0 Å². The van der Waals surface area contributed by atoms with E-state index in [0.29, 0.717) is 22.2 Å². The molecule has 0 radical (unpaired) electrons. The van der Waals surface area contributed by atoms with Gasteiger partial charge in [0.25, 0.3) is 0 Å². The second-order valence-corrected chi connectivity index (χ2v) is 10.3. The molecule has 0 saturated heterocycles. The van der Waals surface area contributed by atoms with Crippen LogP contribution in [-0.4, -0.2) is 58.2 Å². The lowest BCUT2D eigenvalue weighted by Crippen LogP contribution is -2.53. The Hall–Kier alpha value is -1.27. The largest absolute Gasteiger partial charge is 0.499 e. The summed E-state index contributed by atoms with van der Waals surface area (Å²) in [5.41, 5.74) is 0.0580. The summed E-state index contributed by atoms with van der Waals surface area (Å²) in [6, 6.07) is 14.9. The van der Waals surface area contributed by atoms with Crippen LogP contribution in [0, 0.1) is 0 Å². The van der Waals surface area contributed by atoms with E-state index in [9.17, 15) is 0 Å². The first-order valence-corrected chi connectivity index (χ1v) is 13.2. The summed E-state index contributed by atoms with van der Waals surface area (Å²) in [4.78, 5) is 2.87. The smallest absolute Gasteiger partial charge is 0.116 e. The molecule has 0 N–H and O–H groups in total. The molecule has 0 bridgehead atoms. The Morgan fingerprint density at radius 2 is 1.49 bits per heavy atom. The van der Waals surface area contributed by atoms with Gasteiger partial charge in [-0.3, -0.25) is 9.80 Å². The number of hydrogen-bond acceptors (Lipinski definition) is 4. The first-order chi connectivity index (χ1) is 19.7. The number of benzene rings is 2. The maximum absolute atomic E-state index is 7.84. The molecule has 0 aromatic heterocycles. The zero-order chi connectivity index (χ0) is 31.3. The van der Waals surface area contributed by atoms with Crippen molar-refractivity contribution in [1.29, 1.82) is 0 Å². The minimum atomic E-state index is -2.24. The number of allylic oxidation sites excluding steroid dienone is 1. The van der Waals surface area contributed by atoms with Gasteiger partial charge < -0.3 is 9.47 Å². The molecule has 0 amide bonds. The highest BCUT2D eigenvalue weighted by Crippen LogP contribution is 2.46. The third-order valence-corrected chi connectivity index (χ3v) is 8.28. The molecule has 2 aliphatic carbocycles. The number of halogens is 3. The Labute approximate surface area is 248 Å². The number of likely N-dealkylation sites (N-methyl/N-ethyl adjacent to an activating group) is 2. The highest BCUT2D eigenvalue weighted by molar-refractivity contribution is 6.31. The molecule has 1 unspecified atom stereocenters. The van der Waals surface area contributed by atoms with Crippen LogP contribution in [0.15, 0.2) is 60.4 Å². The molecular weight excluding hydrogens is 527 g/mol. The van der Waals surface area contributed by atoms with Crippen molar-refractivity contribution in [1.82, 2.24) is 9.80 Å². The number of methoxy groups -OCH3 is 2. The molecule has 206 valence electrons. The average Bonchev–Trinajstić information content (AvgIpc) is 2.96. The topological polar surface area (TPSA) is 24.9 Å². The van der Waals surface area contributed by atoms with Crippen LogP contribution in [0.25, 0.3) is 0 Å². The van der Waals surface area contributed by atoms with Gasteiger partial charge in [-0.15, -0.1) is 12.4 Å². The third kappa shape index (κ3) is 6.32. The normalized spacial score (nSPS) is 28.6. The molecule has 1 saturated carbocycles. The SMILES string of the molecule is Cl.[2H]C([2H])([2H])N(C)[C@]1(c2ccccc2Cl)CCCC=C1OC.[2H]C([2H])([2H])N(C)[C@]1(c2ccccc2Cl)CCCCC1OC. The summed E-state index contributed by atoms with van der Waals surface area (Å²) < 4.78 is 58.2. The Kier molecular flexibility index (Phi) is 9.07. The van der Waals surface area contributed by atoms with E-state index in [-0.39, 0.29) is 18.5 Å². The number of rotatable bonds is 6. The zero-order valence-electron chi connectivity index (χ0n) is 28.1. The van der Waals surface area contributed by atoms with Crippen LogP contribution in [0.4, 0.5) is 0 Å². The summed E-state index contributed by atoms with van der Waals surface area (Å²) in [6.45, 7) is -4.44. The first-order valence-electron chi connectivity index (χ1n) is 15.4. The molecule has 0 aliphatic heterocycles. The van der Waals surface area contributed by atoms with Gasteiger partial charge in [-0.2, -0.15) is 0 Å². The molecule has 37 heavy (non-hydrogen) atoms. The van der Waals surface area contributed by atoms with Crippen molar-refractivity contribution in [2.24, 2.45) is 0 Å². The van der Waals surface area contributed by atoms with E-state index in [1.165, 1.54) is 9.80 Å². The summed E-state index contributed by atoms with van der Waals surface area (Å²) in [5, 5.41) is 1.15. The minimum Gasteiger partial charge on any atom is -0.499 e. The molecule has 1 fully saturated rings. The number of hydrogen-bond donors (Lipinski definition) is 0. The Bertz CT molecular complexity index is 1230. The zero-order valence-corrected chi connectivity index (χ0v) is 24.4. The van der Waals surface area contributed by atoms with Gasteiger partial charge in [0.15, 0.2) is 0 Å². The molecule has 2 aliphatic rings. The van der Waals surface area contributed by atoms with Crippen molar-refractivity contribution < 1.29 is 17.7 Å². The van der Waals surface area contributed by atoms with Crippen molar-refractivity contribution in [2.75, 3.05) is 42.3 Å². The van der Waals surface area contributed by atoms with Crippen LogP contribution in [0.2, 0.25) is 10.0 Å². The van der Waals surface area contributed by atoms with Gasteiger partial charge in [-0.25, -0.2) is 0 Å². The fraction of sp³-hybridized carbons (Fsp3) is 0.533. The van der Waals surface area contributed by atoms with Crippen LogP contribution >= 0.6 is 35.6 Å². The van der Waals surface area contributed by atoms with Crippen LogP contribution in [0.3, 0.4) is 0 Å². The van der Waals surface area contributed by atoms with Crippen molar-refractivity contribution in [2.45, 2.75) is 62.1 Å². The average molecular weight is 576 g/mol. The van der Waals surface area contributed by atoms with Crippen molar-refractivity contribution >= 4 is 35.6 Å². The van der Waals surface area contributed by atoms with E-state index in [4.69, 9.17) is 40.9 Å². The predicted octanol–water partition coefficient (Wildman–Crippen LogP) is 7.92. The van der Waals surface area contributed by atoms with Crippen molar-refractivity contribution in [3.63, 3.8) is 0 Å². The highest BCUT2D eigenvalue weighted by atomic mass is 35.5. The first kappa shape index (κ1) is 23.6. The maximum Gasteiger partial charge on any atom is 0.116 e. The number of nitrogens with zero attached hydrogens (tertiary/aromatic N) is 2. The second kappa shape index (κ2) is 14.2. The molecule has 0 heterocycles. The van der Waals surface area contributed by atoms with Crippen molar-refractivity contribution in [3.05, 3.63) is 81.5 Å². The lowest BCUT2D eigenvalue weighted by atomic mass is 9.73. The monoisotopic (exact) mass is 574 g/mol. The van der Waals surface area contributed by atoms with Gasteiger partial charge in [0.2, 0.25) is 0 Å². The molecule has 4 nitrogen and oxygen atoms in total. The Balaban J connectivity index is 0.000000293. The molecule has 2 aromatic rings. The Morgan fingerprint density at radius 1 is 0.865 bits per heavy atom. The van der Waals surface area contributed by atoms with Gasteiger partial charge in [-0.05, 0) is 89.5 Å². The summed E-state index contributed by atoms with van der Waals surface area (Å²) in [6.07, 6.45) is 7.78. The van der Waals surface area contributed by atoms with Crippen LogP contribution in [0.5, 0.6) is 0 Å². The maximum atomic E-state index is 7.84. The molecule has 0 spiro atoms. The Morgan fingerprint density at radius 3 is 2.05 bits per heavy atom. The van der Waals surface area contributed by atoms with Crippen molar-refractivity contribution in [3.8, 4) is 0 Å². The summed E-state index contributed by atoms with van der Waals surface area (Å²) >= 11 is 12.8. The molecule has 3 atom stereocenters. The fourth-order valence-electron chi connectivity index (χ4n) is 5.83. The molecule has 2 aromatic carbocycles. The van der Waals surface area contributed by atoms with Gasteiger partial charge >= 0.3 is 0 Å².